The zero-order valence-corrected chi connectivity index (χ0v) is 20.2. The van der Waals surface area contributed by atoms with Crippen LogP contribution in [0.25, 0.3) is 0 Å². The summed E-state index contributed by atoms with van der Waals surface area (Å²) in [5.74, 6) is 0.223. The summed E-state index contributed by atoms with van der Waals surface area (Å²) < 4.78 is 53.9. The molecule has 10 heteroatoms. The predicted molar refractivity (Wildman–Crippen MR) is 126 cm³/mol. The van der Waals surface area contributed by atoms with Gasteiger partial charge in [0.25, 0.3) is 5.91 Å². The summed E-state index contributed by atoms with van der Waals surface area (Å²) in [7, 11) is 3.00. The molecule has 1 heterocycles. The van der Waals surface area contributed by atoms with Gasteiger partial charge in [-0.2, -0.15) is 0 Å². The maximum atomic E-state index is 13.7. The summed E-state index contributed by atoms with van der Waals surface area (Å²) in [6.45, 7) is 0.279. The second-order valence-corrected chi connectivity index (χ2v) is 8.70. The summed E-state index contributed by atoms with van der Waals surface area (Å²) in [6, 6.07) is 12.8. The number of alkyl halides is 3. The Hall–Kier alpha value is -3.10. The number of ether oxygens (including phenoxy) is 3. The monoisotopic (exact) mass is 525 g/mol. The smallest absolute Gasteiger partial charge is 0.497 e. The van der Waals surface area contributed by atoms with E-state index in [0.717, 1.165) is 5.56 Å². The fraction of sp³-hybridized carbons (Fsp3) is 0.240. The van der Waals surface area contributed by atoms with E-state index in [0.29, 0.717) is 29.0 Å². The number of nitrogens with zero attached hydrogens (tertiary/aromatic N) is 1. The Morgan fingerprint density at radius 1 is 0.971 bits per heavy atom. The number of halogens is 5. The van der Waals surface area contributed by atoms with E-state index in [4.69, 9.17) is 32.7 Å². The maximum Gasteiger partial charge on any atom is 0.573 e. The van der Waals surface area contributed by atoms with Crippen LogP contribution in [0.15, 0.2) is 54.6 Å². The van der Waals surface area contributed by atoms with Crippen molar-refractivity contribution in [2.45, 2.75) is 18.8 Å². The normalized spacial score (nSPS) is 15.4. The Morgan fingerprint density at radius 2 is 1.69 bits per heavy atom. The number of carbonyl (C=O) groups excluding carboxylic acids is 1. The lowest BCUT2D eigenvalue weighted by Crippen LogP contribution is -2.41. The Morgan fingerprint density at radius 3 is 2.31 bits per heavy atom. The molecule has 3 aromatic rings. The molecule has 3 aromatic carbocycles. The molecule has 1 atom stereocenters. The molecule has 0 aromatic heterocycles. The van der Waals surface area contributed by atoms with Crippen molar-refractivity contribution in [3.05, 3.63) is 86.9 Å². The third-order valence-electron chi connectivity index (χ3n) is 5.64. The van der Waals surface area contributed by atoms with E-state index in [1.807, 2.05) is 6.07 Å². The molecular weight excluding hydrogens is 506 g/mol. The topological polar surface area (TPSA) is 48.0 Å². The average molecular weight is 526 g/mol. The molecule has 5 nitrogen and oxygen atoms in total. The minimum absolute atomic E-state index is 0.256. The summed E-state index contributed by atoms with van der Waals surface area (Å²) in [4.78, 5) is 15.2. The summed E-state index contributed by atoms with van der Waals surface area (Å²) in [6.07, 6.45) is -4.39. The molecule has 0 bridgehead atoms. The fourth-order valence-electron chi connectivity index (χ4n) is 4.28. The van der Waals surface area contributed by atoms with Crippen LogP contribution in [0, 0.1) is 0 Å². The van der Waals surface area contributed by atoms with Gasteiger partial charge in [-0.1, -0.05) is 35.3 Å². The molecule has 0 saturated heterocycles. The largest absolute Gasteiger partial charge is 0.573 e. The number of benzene rings is 3. The van der Waals surface area contributed by atoms with Crippen LogP contribution < -0.4 is 14.2 Å². The lowest BCUT2D eigenvalue weighted by Gasteiger charge is -2.39. The minimum atomic E-state index is -4.86. The average Bonchev–Trinajstić information content (AvgIpc) is 2.80. The van der Waals surface area contributed by atoms with Gasteiger partial charge >= 0.3 is 6.36 Å². The fourth-order valence-corrected chi connectivity index (χ4v) is 4.80. The van der Waals surface area contributed by atoms with Gasteiger partial charge in [-0.05, 0) is 53.9 Å². The highest BCUT2D eigenvalue weighted by Crippen LogP contribution is 2.44. The Labute approximate surface area is 209 Å². The van der Waals surface area contributed by atoms with E-state index < -0.39 is 18.2 Å². The predicted octanol–water partition coefficient (Wildman–Crippen LogP) is 6.70. The van der Waals surface area contributed by atoms with Gasteiger partial charge in [0.1, 0.15) is 17.2 Å². The Bertz CT molecular complexity index is 1230. The molecule has 0 spiro atoms. The standard InChI is InChI=1S/C25H20Cl2F3NO4/c1-33-20-10-14-6-7-31(24(32)16-8-17(26)12-18(27)9-16)23(22(14)21(13-20)34-2)15-4-3-5-19(11-15)35-25(28,29)30/h3-5,8-13,23H,6-7H2,1-2H3. The first-order valence-corrected chi connectivity index (χ1v) is 11.2. The number of hydrogen-bond donors (Lipinski definition) is 0. The van der Waals surface area contributed by atoms with Crippen molar-refractivity contribution >= 4 is 29.1 Å². The number of amides is 1. The molecule has 4 rings (SSSR count). The van der Waals surface area contributed by atoms with Gasteiger partial charge in [0.05, 0.1) is 20.3 Å². The second kappa shape index (κ2) is 9.87. The van der Waals surface area contributed by atoms with Crippen LogP contribution in [-0.4, -0.2) is 37.9 Å². The van der Waals surface area contributed by atoms with E-state index in [9.17, 15) is 18.0 Å². The highest BCUT2D eigenvalue weighted by molar-refractivity contribution is 6.35. The van der Waals surface area contributed by atoms with E-state index in [-0.39, 0.29) is 28.1 Å². The Kier molecular flexibility index (Phi) is 7.05. The van der Waals surface area contributed by atoms with Gasteiger partial charge in [0.15, 0.2) is 0 Å². The number of fused-ring (bicyclic) bond motifs is 1. The third kappa shape index (κ3) is 5.44. The zero-order chi connectivity index (χ0) is 25.3. The maximum absolute atomic E-state index is 13.7. The van der Waals surface area contributed by atoms with Crippen molar-refractivity contribution in [1.82, 2.24) is 4.90 Å². The van der Waals surface area contributed by atoms with Crippen molar-refractivity contribution in [2.75, 3.05) is 20.8 Å². The SMILES string of the molecule is COc1cc2c(c(OC)c1)C(c1cccc(OC(F)(F)F)c1)N(C(=O)c1cc(Cl)cc(Cl)c1)CC2. The minimum Gasteiger partial charge on any atom is -0.497 e. The molecule has 1 aliphatic rings. The second-order valence-electron chi connectivity index (χ2n) is 7.83. The summed E-state index contributed by atoms with van der Waals surface area (Å²) >= 11 is 12.2. The van der Waals surface area contributed by atoms with E-state index >= 15 is 0 Å². The number of carbonyl (C=O) groups is 1. The first-order valence-electron chi connectivity index (χ1n) is 10.5. The van der Waals surface area contributed by atoms with Crippen LogP contribution in [0.3, 0.4) is 0 Å². The third-order valence-corrected chi connectivity index (χ3v) is 6.08. The molecule has 1 amide bonds. The van der Waals surface area contributed by atoms with Gasteiger partial charge in [-0.3, -0.25) is 4.79 Å². The van der Waals surface area contributed by atoms with Gasteiger partial charge in [-0.25, -0.2) is 0 Å². The molecule has 0 N–H and O–H groups in total. The molecule has 0 radical (unpaired) electrons. The number of rotatable bonds is 5. The van der Waals surface area contributed by atoms with Gasteiger partial charge in [0, 0.05) is 33.8 Å². The van der Waals surface area contributed by atoms with Crippen molar-refractivity contribution in [3.8, 4) is 17.2 Å². The summed E-state index contributed by atoms with van der Waals surface area (Å²) in [5, 5.41) is 0.579. The molecular formula is C25H20Cl2F3NO4. The van der Waals surface area contributed by atoms with Crippen molar-refractivity contribution in [2.24, 2.45) is 0 Å². The van der Waals surface area contributed by atoms with Gasteiger partial charge in [-0.15, -0.1) is 13.2 Å². The molecule has 0 aliphatic carbocycles. The number of methoxy groups -OCH3 is 2. The first kappa shape index (κ1) is 25.0. The van der Waals surface area contributed by atoms with Gasteiger partial charge in [0.2, 0.25) is 0 Å². The zero-order valence-electron chi connectivity index (χ0n) is 18.7. The lowest BCUT2D eigenvalue weighted by atomic mass is 9.86. The molecule has 1 aliphatic heterocycles. The van der Waals surface area contributed by atoms with E-state index in [1.165, 1.54) is 50.6 Å². The summed E-state index contributed by atoms with van der Waals surface area (Å²) in [5.41, 5.74) is 2.16. The van der Waals surface area contributed by atoms with Crippen LogP contribution in [-0.2, 0) is 6.42 Å². The van der Waals surface area contributed by atoms with E-state index in [2.05, 4.69) is 4.74 Å². The molecule has 35 heavy (non-hydrogen) atoms. The van der Waals surface area contributed by atoms with Crippen LogP contribution >= 0.6 is 23.2 Å². The highest BCUT2D eigenvalue weighted by atomic mass is 35.5. The lowest BCUT2D eigenvalue weighted by molar-refractivity contribution is -0.274. The van der Waals surface area contributed by atoms with Crippen LogP contribution in [0.1, 0.15) is 33.1 Å². The number of hydrogen-bond acceptors (Lipinski definition) is 4. The molecule has 1 unspecified atom stereocenters. The molecule has 0 saturated carbocycles. The van der Waals surface area contributed by atoms with E-state index in [1.54, 1.807) is 17.0 Å². The molecule has 184 valence electrons. The Balaban J connectivity index is 1.88. The van der Waals surface area contributed by atoms with Crippen molar-refractivity contribution < 1.29 is 32.2 Å². The highest BCUT2D eigenvalue weighted by Gasteiger charge is 2.37. The van der Waals surface area contributed by atoms with Crippen LogP contribution in [0.5, 0.6) is 17.2 Å². The van der Waals surface area contributed by atoms with Crippen molar-refractivity contribution in [1.29, 1.82) is 0 Å². The van der Waals surface area contributed by atoms with Crippen LogP contribution in [0.4, 0.5) is 13.2 Å². The van der Waals surface area contributed by atoms with Gasteiger partial charge < -0.3 is 19.1 Å². The van der Waals surface area contributed by atoms with Crippen molar-refractivity contribution in [3.63, 3.8) is 0 Å². The molecule has 0 fully saturated rings. The van der Waals surface area contributed by atoms with Crippen LogP contribution in [0.2, 0.25) is 10.0 Å². The quantitative estimate of drug-likeness (QED) is 0.372. The first-order chi connectivity index (χ1) is 16.6.